The quantitative estimate of drug-likeness (QED) is 0.216. The number of hydrogen-bond donors (Lipinski definition) is 2. The predicted molar refractivity (Wildman–Crippen MR) is 201 cm³/mol. The molecule has 0 radical (unpaired) electrons. The number of nitrogens with zero attached hydrogens (tertiary/aromatic N) is 7. The van der Waals surface area contributed by atoms with Crippen molar-refractivity contribution in [1.82, 2.24) is 34.2 Å². The summed E-state index contributed by atoms with van der Waals surface area (Å²) in [6, 6.07) is 11.3. The van der Waals surface area contributed by atoms with E-state index in [-0.39, 0.29) is 29.2 Å². The van der Waals surface area contributed by atoms with Gasteiger partial charge in [0.05, 0.1) is 46.3 Å². The van der Waals surface area contributed by atoms with Crippen molar-refractivity contribution in [2.75, 3.05) is 45.2 Å². The summed E-state index contributed by atoms with van der Waals surface area (Å²) in [5.74, 6) is -0.110. The Bertz CT molecular complexity index is 2060. The first-order valence-corrected chi connectivity index (χ1v) is 18.5. The van der Waals surface area contributed by atoms with E-state index in [0.717, 1.165) is 55.8 Å². The van der Waals surface area contributed by atoms with Crippen LogP contribution in [-0.4, -0.2) is 103 Å². The van der Waals surface area contributed by atoms with Gasteiger partial charge >= 0.3 is 5.97 Å². The fourth-order valence-electron chi connectivity index (χ4n) is 7.77. The number of rotatable bonds is 10. The fourth-order valence-corrected chi connectivity index (χ4v) is 8.34. The number of ether oxygens (including phenoxy) is 1. The van der Waals surface area contributed by atoms with Crippen LogP contribution in [0.5, 0.6) is 5.88 Å². The first-order chi connectivity index (χ1) is 25.5. The lowest BCUT2D eigenvalue weighted by atomic mass is 9.96. The molecule has 15 heteroatoms. The van der Waals surface area contributed by atoms with Gasteiger partial charge in [0, 0.05) is 101 Å². The van der Waals surface area contributed by atoms with Crippen molar-refractivity contribution < 1.29 is 24.2 Å². The highest BCUT2D eigenvalue weighted by Crippen LogP contribution is 2.40. The normalized spacial score (nSPS) is 17.0. The van der Waals surface area contributed by atoms with Gasteiger partial charge in [0.1, 0.15) is 0 Å². The van der Waals surface area contributed by atoms with Crippen molar-refractivity contribution in [3.8, 4) is 28.4 Å². The SMILES string of the molecule is COc1nc(-c2ccnc(-c3cccc(NC(=O)c4nc5c(n4C)CCN(C4CCN(C(C)=O)CC4)C5)c3Cl)c2Cl)ccc1CN1CC(CC(=O)O)C1. The molecular formula is C38H42Cl2N8O5. The van der Waals surface area contributed by atoms with Crippen LogP contribution < -0.4 is 10.1 Å². The number of halogens is 2. The number of imidazole rings is 1. The summed E-state index contributed by atoms with van der Waals surface area (Å²) >= 11 is 14.0. The molecule has 0 bridgehead atoms. The van der Waals surface area contributed by atoms with Crippen LogP contribution in [0.15, 0.2) is 42.6 Å². The molecule has 1 aromatic carbocycles. The number of aromatic nitrogens is 4. The Morgan fingerprint density at radius 2 is 1.77 bits per heavy atom. The van der Waals surface area contributed by atoms with Crippen LogP contribution >= 0.6 is 23.2 Å². The van der Waals surface area contributed by atoms with Gasteiger partial charge in [-0.1, -0.05) is 41.4 Å². The number of pyridine rings is 2. The molecule has 0 saturated carbocycles. The zero-order valence-electron chi connectivity index (χ0n) is 29.9. The third-order valence-corrected chi connectivity index (χ3v) is 11.4. The summed E-state index contributed by atoms with van der Waals surface area (Å²) in [6.07, 6.45) is 4.45. The van der Waals surface area contributed by atoms with Crippen LogP contribution in [0.3, 0.4) is 0 Å². The van der Waals surface area contributed by atoms with Crippen molar-refractivity contribution in [3.05, 3.63) is 75.4 Å². The van der Waals surface area contributed by atoms with Crippen LogP contribution in [-0.2, 0) is 36.1 Å². The molecule has 278 valence electrons. The molecule has 13 nitrogen and oxygen atoms in total. The smallest absolute Gasteiger partial charge is 0.303 e. The summed E-state index contributed by atoms with van der Waals surface area (Å²) < 4.78 is 7.50. The second-order valence-corrected chi connectivity index (χ2v) is 14.8. The molecule has 6 heterocycles. The average molecular weight is 762 g/mol. The minimum absolute atomic E-state index is 0.123. The first-order valence-electron chi connectivity index (χ1n) is 17.8. The molecule has 2 amide bonds. The highest BCUT2D eigenvalue weighted by atomic mass is 35.5. The highest BCUT2D eigenvalue weighted by molar-refractivity contribution is 6.39. The number of benzene rings is 1. The molecule has 3 aliphatic rings. The Morgan fingerprint density at radius 1 is 1.00 bits per heavy atom. The Morgan fingerprint density at radius 3 is 2.49 bits per heavy atom. The molecule has 0 aliphatic carbocycles. The number of carbonyl (C=O) groups is 3. The van der Waals surface area contributed by atoms with Crippen LogP contribution in [0.4, 0.5) is 5.69 Å². The number of piperidine rings is 1. The fraction of sp³-hybridized carbons (Fsp3) is 0.421. The second-order valence-electron chi connectivity index (χ2n) is 14.0. The van der Waals surface area contributed by atoms with Crippen molar-refractivity contribution in [1.29, 1.82) is 0 Å². The van der Waals surface area contributed by atoms with Crippen molar-refractivity contribution in [2.24, 2.45) is 13.0 Å². The van der Waals surface area contributed by atoms with E-state index in [1.54, 1.807) is 44.5 Å². The van der Waals surface area contributed by atoms with Crippen LogP contribution in [0.25, 0.3) is 22.5 Å². The molecule has 3 aliphatic heterocycles. The number of methoxy groups -OCH3 is 1. The highest BCUT2D eigenvalue weighted by Gasteiger charge is 2.32. The van der Waals surface area contributed by atoms with E-state index in [2.05, 4.69) is 20.1 Å². The number of carboxylic acid groups (broad SMARTS) is 1. The summed E-state index contributed by atoms with van der Waals surface area (Å²) in [4.78, 5) is 57.1. The Labute approximate surface area is 317 Å². The molecule has 4 aromatic rings. The zero-order chi connectivity index (χ0) is 37.4. The number of amides is 2. The largest absolute Gasteiger partial charge is 0.481 e. The lowest BCUT2D eigenvalue weighted by Gasteiger charge is -2.39. The average Bonchev–Trinajstić information content (AvgIpc) is 3.47. The van der Waals surface area contributed by atoms with Crippen LogP contribution in [0, 0.1) is 5.92 Å². The number of fused-ring (bicyclic) bond motifs is 1. The zero-order valence-corrected chi connectivity index (χ0v) is 31.5. The van der Waals surface area contributed by atoms with Gasteiger partial charge in [0.2, 0.25) is 11.8 Å². The molecule has 2 N–H and O–H groups in total. The molecule has 3 aromatic heterocycles. The number of hydrogen-bond acceptors (Lipinski definition) is 9. The van der Waals surface area contributed by atoms with Gasteiger partial charge in [-0.3, -0.25) is 29.2 Å². The second kappa shape index (κ2) is 15.4. The maximum absolute atomic E-state index is 13.7. The lowest BCUT2D eigenvalue weighted by molar-refractivity contribution is -0.139. The van der Waals surface area contributed by atoms with Gasteiger partial charge in [-0.25, -0.2) is 9.97 Å². The summed E-state index contributed by atoms with van der Waals surface area (Å²) in [6.45, 7) is 6.71. The molecule has 7 rings (SSSR count). The van der Waals surface area contributed by atoms with Crippen molar-refractivity contribution in [3.63, 3.8) is 0 Å². The standard InChI is InChI=1S/C38H42Cl2N8O5/c1-22(49)47-14-10-25(11-15-47)48-16-12-31-30(21-48)42-36(45(31)2)37(52)43-29-6-4-5-27(33(29)39)35-34(40)26(9-13-41-35)28-8-7-24(38(44-28)53-3)20-46-18-23(19-46)17-32(50)51/h4-9,13,23,25H,10-12,14-21H2,1-3H3,(H,43,52)(H,50,51). The Kier molecular flexibility index (Phi) is 10.7. The van der Waals surface area contributed by atoms with Gasteiger partial charge in [-0.2, -0.15) is 0 Å². The summed E-state index contributed by atoms with van der Waals surface area (Å²) in [5, 5.41) is 12.6. The molecule has 0 spiro atoms. The van der Waals surface area contributed by atoms with Gasteiger partial charge in [0.15, 0.2) is 5.82 Å². The van der Waals surface area contributed by atoms with E-state index >= 15 is 0 Å². The third-order valence-electron chi connectivity index (χ3n) is 10.6. The van der Waals surface area contributed by atoms with E-state index in [0.29, 0.717) is 77.2 Å². The number of carboxylic acids is 1. The number of likely N-dealkylation sites (tertiary alicyclic amines) is 2. The first kappa shape index (κ1) is 36.8. The third kappa shape index (κ3) is 7.61. The number of aliphatic carboxylic acids is 1. The Hall–Kier alpha value is -4.56. The number of nitrogens with one attached hydrogen (secondary N) is 1. The Balaban J connectivity index is 1.06. The minimum atomic E-state index is -0.778. The number of anilines is 1. The monoisotopic (exact) mass is 760 g/mol. The van der Waals surface area contributed by atoms with Crippen LogP contribution in [0.2, 0.25) is 10.0 Å². The summed E-state index contributed by atoms with van der Waals surface area (Å²) in [7, 11) is 3.43. The van der Waals surface area contributed by atoms with Gasteiger partial charge in [0.25, 0.3) is 5.91 Å². The number of carbonyl (C=O) groups excluding carboxylic acids is 2. The maximum atomic E-state index is 13.7. The van der Waals surface area contributed by atoms with Crippen molar-refractivity contribution in [2.45, 2.75) is 51.7 Å². The van der Waals surface area contributed by atoms with E-state index in [1.807, 2.05) is 28.6 Å². The van der Waals surface area contributed by atoms with Gasteiger partial charge < -0.3 is 24.6 Å². The van der Waals surface area contributed by atoms with Crippen LogP contribution in [0.1, 0.15) is 53.8 Å². The topological polar surface area (TPSA) is 146 Å². The summed E-state index contributed by atoms with van der Waals surface area (Å²) in [5.41, 5.74) is 5.43. The molecule has 0 atom stereocenters. The van der Waals surface area contributed by atoms with Gasteiger partial charge in [-0.05, 0) is 37.0 Å². The molecule has 2 saturated heterocycles. The van der Waals surface area contributed by atoms with Crippen molar-refractivity contribution >= 4 is 46.7 Å². The minimum Gasteiger partial charge on any atom is -0.481 e. The molecular weight excluding hydrogens is 719 g/mol. The van der Waals surface area contributed by atoms with E-state index in [9.17, 15) is 14.4 Å². The van der Waals surface area contributed by atoms with Gasteiger partial charge in [-0.15, -0.1) is 0 Å². The van der Waals surface area contributed by atoms with E-state index in [4.69, 9.17) is 43.0 Å². The maximum Gasteiger partial charge on any atom is 0.303 e. The predicted octanol–water partition coefficient (Wildman–Crippen LogP) is 5.39. The molecule has 2 fully saturated rings. The van der Waals surface area contributed by atoms with E-state index < -0.39 is 5.97 Å². The lowest BCUT2D eigenvalue weighted by Crippen LogP contribution is -2.47. The molecule has 0 unspecified atom stereocenters. The molecule has 53 heavy (non-hydrogen) atoms. The van der Waals surface area contributed by atoms with E-state index in [1.165, 1.54) is 0 Å².